The smallest absolute Gasteiger partial charge is 0.407 e. The van der Waals surface area contributed by atoms with Crippen molar-refractivity contribution in [3.8, 4) is 0 Å². The van der Waals surface area contributed by atoms with Crippen molar-refractivity contribution < 1.29 is 9.53 Å². The first-order valence-corrected chi connectivity index (χ1v) is 5.62. The zero-order valence-corrected chi connectivity index (χ0v) is 12.7. The van der Waals surface area contributed by atoms with Crippen LogP contribution in [0.25, 0.3) is 0 Å². The van der Waals surface area contributed by atoms with Gasteiger partial charge in [0, 0.05) is 5.38 Å². The zero-order valence-electron chi connectivity index (χ0n) is 10.3. The molecule has 0 fully saturated rings. The molecule has 0 saturated carbocycles. The summed E-state index contributed by atoms with van der Waals surface area (Å²) in [4.78, 5) is 15.5. The van der Waals surface area contributed by atoms with Gasteiger partial charge in [-0.15, -0.1) is 36.2 Å². The molecule has 0 saturated heterocycles. The Morgan fingerprint density at radius 3 is 2.47 bits per heavy atom. The summed E-state index contributed by atoms with van der Waals surface area (Å²) in [6.45, 7) is 7.85. The molecule has 7 heteroatoms. The Morgan fingerprint density at radius 2 is 2.06 bits per heavy atom. The van der Waals surface area contributed by atoms with E-state index in [2.05, 4.69) is 10.3 Å². The van der Waals surface area contributed by atoms with Gasteiger partial charge >= 0.3 is 6.09 Å². The van der Waals surface area contributed by atoms with Crippen molar-refractivity contribution in [3.63, 3.8) is 0 Å². The van der Waals surface area contributed by atoms with Gasteiger partial charge < -0.3 is 10.1 Å². The van der Waals surface area contributed by atoms with E-state index in [1.54, 1.807) is 11.3 Å². The number of nitrogens with one attached hydrogen (secondary N) is 1. The standard InChI is InChI=1S/C10H16N2O2S.2ClH/c1-7-12-8(6-15-7)5-11-9(13)14-10(2,3)4;;/h6H,5H2,1-4H3,(H,11,13);2*1H. The van der Waals surface area contributed by atoms with Crippen molar-refractivity contribution in [3.05, 3.63) is 16.1 Å². The quantitative estimate of drug-likeness (QED) is 0.911. The van der Waals surface area contributed by atoms with Gasteiger partial charge in [0.2, 0.25) is 0 Å². The average molecular weight is 301 g/mol. The number of hydrogen-bond donors (Lipinski definition) is 1. The third-order valence-corrected chi connectivity index (χ3v) is 2.30. The summed E-state index contributed by atoms with van der Waals surface area (Å²) in [5.74, 6) is 0. The fourth-order valence-electron chi connectivity index (χ4n) is 0.966. The van der Waals surface area contributed by atoms with Gasteiger partial charge in [0.25, 0.3) is 0 Å². The van der Waals surface area contributed by atoms with Crippen molar-refractivity contribution in [1.29, 1.82) is 0 Å². The number of nitrogens with zero attached hydrogens (tertiary/aromatic N) is 1. The minimum atomic E-state index is -0.456. The second kappa shape index (κ2) is 7.74. The second-order valence-corrected chi connectivity index (χ2v) is 5.28. The molecule has 0 atom stereocenters. The topological polar surface area (TPSA) is 51.2 Å². The highest BCUT2D eigenvalue weighted by Crippen LogP contribution is 2.09. The number of halogens is 2. The van der Waals surface area contributed by atoms with E-state index in [0.717, 1.165) is 10.7 Å². The summed E-state index contributed by atoms with van der Waals surface area (Å²) < 4.78 is 5.09. The van der Waals surface area contributed by atoms with Crippen LogP contribution in [0.1, 0.15) is 31.5 Å². The molecule has 100 valence electrons. The molecule has 1 rings (SSSR count). The monoisotopic (exact) mass is 300 g/mol. The number of carbonyl (C=O) groups excluding carboxylic acids is 1. The Bertz CT molecular complexity index is 350. The highest BCUT2D eigenvalue weighted by atomic mass is 35.5. The maximum Gasteiger partial charge on any atom is 0.407 e. The van der Waals surface area contributed by atoms with Gasteiger partial charge in [-0.25, -0.2) is 9.78 Å². The molecule has 1 N–H and O–H groups in total. The van der Waals surface area contributed by atoms with Gasteiger partial charge in [-0.2, -0.15) is 0 Å². The summed E-state index contributed by atoms with van der Waals surface area (Å²) >= 11 is 1.57. The van der Waals surface area contributed by atoms with Crippen molar-refractivity contribution in [2.75, 3.05) is 0 Å². The summed E-state index contributed by atoms with van der Waals surface area (Å²) in [7, 11) is 0. The van der Waals surface area contributed by atoms with Crippen molar-refractivity contribution in [2.24, 2.45) is 0 Å². The van der Waals surface area contributed by atoms with Gasteiger partial charge in [-0.1, -0.05) is 0 Å². The molecule has 0 aliphatic rings. The Balaban J connectivity index is 0. The maximum atomic E-state index is 11.3. The van der Waals surface area contributed by atoms with Crippen LogP contribution in [0.3, 0.4) is 0 Å². The number of carbonyl (C=O) groups is 1. The van der Waals surface area contributed by atoms with E-state index < -0.39 is 11.7 Å². The average Bonchev–Trinajstić information content (AvgIpc) is 2.45. The normalized spacial score (nSPS) is 9.88. The largest absolute Gasteiger partial charge is 0.444 e. The SMILES string of the molecule is Cc1nc(CNC(=O)OC(C)(C)C)cs1.Cl.Cl. The fraction of sp³-hybridized carbons (Fsp3) is 0.600. The van der Waals surface area contributed by atoms with Gasteiger partial charge in [0.15, 0.2) is 0 Å². The van der Waals surface area contributed by atoms with Crippen LogP contribution in [0.5, 0.6) is 0 Å². The number of amides is 1. The lowest BCUT2D eigenvalue weighted by atomic mass is 10.2. The van der Waals surface area contributed by atoms with Crippen LogP contribution >= 0.6 is 36.2 Å². The molecule has 1 aromatic rings. The first-order valence-electron chi connectivity index (χ1n) is 4.75. The first-order chi connectivity index (χ1) is 6.87. The summed E-state index contributed by atoms with van der Waals surface area (Å²) in [5, 5.41) is 5.57. The van der Waals surface area contributed by atoms with Gasteiger partial charge in [0.05, 0.1) is 17.2 Å². The van der Waals surface area contributed by atoms with Gasteiger partial charge in [0.1, 0.15) is 5.60 Å². The fourth-order valence-corrected chi connectivity index (χ4v) is 1.58. The minimum Gasteiger partial charge on any atom is -0.444 e. The molecule has 0 bridgehead atoms. The van der Waals surface area contributed by atoms with Crippen LogP contribution in [0.15, 0.2) is 5.38 Å². The number of hydrogen-bond acceptors (Lipinski definition) is 4. The lowest BCUT2D eigenvalue weighted by molar-refractivity contribution is 0.0523. The lowest BCUT2D eigenvalue weighted by Gasteiger charge is -2.19. The number of aromatic nitrogens is 1. The van der Waals surface area contributed by atoms with Crippen LogP contribution in [0.4, 0.5) is 4.79 Å². The highest BCUT2D eigenvalue weighted by Gasteiger charge is 2.15. The molecular weight excluding hydrogens is 283 g/mol. The number of aryl methyl sites for hydroxylation is 1. The number of alkyl carbamates (subject to hydrolysis) is 1. The van der Waals surface area contributed by atoms with Crippen LogP contribution in [0.2, 0.25) is 0 Å². The Labute approximate surface area is 118 Å². The Kier molecular flexibility index (Phi) is 8.57. The predicted molar refractivity (Wildman–Crippen MR) is 74.4 cm³/mol. The summed E-state index contributed by atoms with van der Waals surface area (Å²) in [5.41, 5.74) is 0.408. The summed E-state index contributed by atoms with van der Waals surface area (Å²) in [6, 6.07) is 0. The lowest BCUT2D eigenvalue weighted by Crippen LogP contribution is -2.32. The molecule has 1 heterocycles. The van der Waals surface area contributed by atoms with Crippen molar-refractivity contribution in [1.82, 2.24) is 10.3 Å². The molecule has 0 radical (unpaired) electrons. The number of rotatable bonds is 2. The molecule has 0 unspecified atom stereocenters. The van der Waals surface area contributed by atoms with E-state index in [4.69, 9.17) is 4.74 Å². The van der Waals surface area contributed by atoms with E-state index in [1.165, 1.54) is 0 Å². The number of ether oxygens (including phenoxy) is 1. The van der Waals surface area contributed by atoms with Gasteiger partial charge in [-0.05, 0) is 27.7 Å². The van der Waals surface area contributed by atoms with Crippen LogP contribution < -0.4 is 5.32 Å². The van der Waals surface area contributed by atoms with E-state index in [1.807, 2.05) is 33.1 Å². The molecule has 0 aliphatic heterocycles. The third kappa shape index (κ3) is 8.24. The van der Waals surface area contributed by atoms with Crippen molar-refractivity contribution in [2.45, 2.75) is 39.8 Å². The molecular formula is C10H18Cl2N2O2S. The molecule has 1 amide bonds. The van der Waals surface area contributed by atoms with Crippen molar-refractivity contribution >= 4 is 42.2 Å². The molecule has 0 spiro atoms. The van der Waals surface area contributed by atoms with Crippen LogP contribution in [-0.4, -0.2) is 16.7 Å². The Morgan fingerprint density at radius 1 is 1.47 bits per heavy atom. The van der Waals surface area contributed by atoms with E-state index in [-0.39, 0.29) is 24.8 Å². The molecule has 1 aromatic heterocycles. The first kappa shape index (κ1) is 18.8. The van der Waals surface area contributed by atoms with E-state index >= 15 is 0 Å². The number of thiazole rings is 1. The van der Waals surface area contributed by atoms with Crippen LogP contribution in [0, 0.1) is 6.92 Å². The van der Waals surface area contributed by atoms with E-state index in [0.29, 0.717) is 6.54 Å². The predicted octanol–water partition coefficient (Wildman–Crippen LogP) is 3.32. The second-order valence-electron chi connectivity index (χ2n) is 4.21. The Hall–Kier alpha value is -0.520. The molecule has 4 nitrogen and oxygen atoms in total. The molecule has 17 heavy (non-hydrogen) atoms. The summed E-state index contributed by atoms with van der Waals surface area (Å²) in [6.07, 6.45) is -0.409. The highest BCUT2D eigenvalue weighted by molar-refractivity contribution is 7.09. The maximum absolute atomic E-state index is 11.3. The molecule has 0 aliphatic carbocycles. The van der Waals surface area contributed by atoms with E-state index in [9.17, 15) is 4.79 Å². The molecule has 0 aromatic carbocycles. The van der Waals surface area contributed by atoms with Crippen LogP contribution in [-0.2, 0) is 11.3 Å². The zero-order chi connectivity index (χ0) is 11.5. The third-order valence-electron chi connectivity index (χ3n) is 1.48. The van der Waals surface area contributed by atoms with Gasteiger partial charge in [-0.3, -0.25) is 0 Å². The minimum absolute atomic E-state index is 0.